The second-order valence-electron chi connectivity index (χ2n) is 9.29. The van der Waals surface area contributed by atoms with E-state index in [2.05, 4.69) is 20.3 Å². The van der Waals surface area contributed by atoms with Crippen molar-refractivity contribution in [3.63, 3.8) is 0 Å². The molecule has 1 aromatic heterocycles. The number of hydrogen-bond donors (Lipinski definition) is 3. The standard InChI is InChI=1S/C25H25ClF3N5O5S/c1-39-24(36)34-12-17(30-21-11-22(25(27,28)29)32-20-7-6-15(26)9-19(20)21)10-18(13-34)31-23(35)14-4-3-5-16(8-14)33-40(2,37)38/h3-9,11,17-18,33H,10,12-13H2,1-2H3,(H,30,32)(H,31,35)/t17-,18+/m1/s1. The van der Waals surface area contributed by atoms with Gasteiger partial charge in [0.25, 0.3) is 5.91 Å². The number of carbonyl (C=O) groups is 2. The van der Waals surface area contributed by atoms with Gasteiger partial charge in [0.2, 0.25) is 10.0 Å². The topological polar surface area (TPSA) is 130 Å². The third-order valence-corrected chi connectivity index (χ3v) is 6.91. The number of methoxy groups -OCH3 is 1. The zero-order chi connectivity index (χ0) is 29.2. The second-order valence-corrected chi connectivity index (χ2v) is 11.5. The van der Waals surface area contributed by atoms with Crippen LogP contribution >= 0.6 is 11.6 Å². The summed E-state index contributed by atoms with van der Waals surface area (Å²) < 4.78 is 71.0. The van der Waals surface area contributed by atoms with Gasteiger partial charge in [-0.25, -0.2) is 18.2 Å². The van der Waals surface area contributed by atoms with Gasteiger partial charge >= 0.3 is 12.3 Å². The summed E-state index contributed by atoms with van der Waals surface area (Å²) in [5, 5.41) is 6.54. The smallest absolute Gasteiger partial charge is 0.433 e. The summed E-state index contributed by atoms with van der Waals surface area (Å²) >= 11 is 6.10. The number of hydrogen-bond acceptors (Lipinski definition) is 7. The fourth-order valence-corrected chi connectivity index (χ4v) is 5.20. The lowest BCUT2D eigenvalue weighted by atomic mass is 9.99. The molecule has 1 aliphatic rings. The van der Waals surface area contributed by atoms with E-state index in [9.17, 15) is 31.2 Å². The zero-order valence-electron chi connectivity index (χ0n) is 21.3. The Morgan fingerprint density at radius 3 is 2.50 bits per heavy atom. The van der Waals surface area contributed by atoms with Crippen molar-refractivity contribution in [2.75, 3.05) is 36.5 Å². The molecule has 0 saturated carbocycles. The highest BCUT2D eigenvalue weighted by Crippen LogP contribution is 2.35. The lowest BCUT2D eigenvalue weighted by Gasteiger charge is -2.38. The minimum Gasteiger partial charge on any atom is -0.453 e. The molecular weight excluding hydrogens is 575 g/mol. The summed E-state index contributed by atoms with van der Waals surface area (Å²) in [5.41, 5.74) is -0.551. The van der Waals surface area contributed by atoms with Crippen LogP contribution < -0.4 is 15.4 Å². The number of likely N-dealkylation sites (tertiary alicyclic amines) is 1. The number of nitrogens with zero attached hydrogens (tertiary/aromatic N) is 2. The van der Waals surface area contributed by atoms with Crippen LogP contribution in [0.5, 0.6) is 0 Å². The zero-order valence-corrected chi connectivity index (χ0v) is 22.8. The van der Waals surface area contributed by atoms with Crippen molar-refractivity contribution in [1.82, 2.24) is 15.2 Å². The molecule has 2 aromatic carbocycles. The number of piperidine rings is 1. The molecule has 40 heavy (non-hydrogen) atoms. The minimum atomic E-state index is -4.70. The van der Waals surface area contributed by atoms with Gasteiger partial charge in [0, 0.05) is 52.5 Å². The van der Waals surface area contributed by atoms with E-state index in [0.29, 0.717) is 10.4 Å². The first kappa shape index (κ1) is 29.2. The van der Waals surface area contributed by atoms with Crippen molar-refractivity contribution in [2.45, 2.75) is 24.7 Å². The van der Waals surface area contributed by atoms with Crippen molar-refractivity contribution >= 4 is 55.9 Å². The van der Waals surface area contributed by atoms with Crippen LogP contribution in [-0.2, 0) is 20.9 Å². The first-order valence-electron chi connectivity index (χ1n) is 11.9. The van der Waals surface area contributed by atoms with Gasteiger partial charge in [-0.15, -0.1) is 0 Å². The van der Waals surface area contributed by atoms with Crippen LogP contribution in [0.1, 0.15) is 22.5 Å². The first-order chi connectivity index (χ1) is 18.7. The molecule has 1 fully saturated rings. The van der Waals surface area contributed by atoms with Crippen LogP contribution in [0.3, 0.4) is 0 Å². The Morgan fingerprint density at radius 2 is 1.82 bits per heavy atom. The molecule has 2 amide bonds. The van der Waals surface area contributed by atoms with Crippen molar-refractivity contribution in [2.24, 2.45) is 0 Å². The number of halogens is 4. The third kappa shape index (κ3) is 7.24. The number of fused-ring (bicyclic) bond motifs is 1. The summed E-state index contributed by atoms with van der Waals surface area (Å²) in [6, 6.07) is 9.81. The highest BCUT2D eigenvalue weighted by atomic mass is 35.5. The summed E-state index contributed by atoms with van der Waals surface area (Å²) in [7, 11) is -2.37. The number of sulfonamides is 1. The molecule has 0 spiro atoms. The van der Waals surface area contributed by atoms with E-state index in [1.54, 1.807) is 0 Å². The lowest BCUT2D eigenvalue weighted by Crippen LogP contribution is -2.56. The molecule has 10 nitrogen and oxygen atoms in total. The lowest BCUT2D eigenvalue weighted by molar-refractivity contribution is -0.140. The van der Waals surface area contributed by atoms with Crippen LogP contribution in [0.2, 0.25) is 5.02 Å². The molecule has 0 unspecified atom stereocenters. The molecule has 15 heteroatoms. The van der Waals surface area contributed by atoms with Gasteiger partial charge in [0.15, 0.2) is 0 Å². The van der Waals surface area contributed by atoms with E-state index >= 15 is 0 Å². The monoisotopic (exact) mass is 599 g/mol. The predicted molar refractivity (Wildman–Crippen MR) is 144 cm³/mol. The molecule has 0 bridgehead atoms. The summed E-state index contributed by atoms with van der Waals surface area (Å²) in [6.07, 6.45) is -4.16. The van der Waals surface area contributed by atoms with Crippen molar-refractivity contribution in [1.29, 1.82) is 0 Å². The fraction of sp³-hybridized carbons (Fsp3) is 0.320. The van der Waals surface area contributed by atoms with Gasteiger partial charge < -0.3 is 20.3 Å². The quantitative estimate of drug-likeness (QED) is 0.385. The Balaban J connectivity index is 1.60. The average molecular weight is 600 g/mol. The molecule has 3 aromatic rings. The number of nitrogens with one attached hydrogen (secondary N) is 3. The SMILES string of the molecule is COC(=O)N1C[C@@H](NC(=O)c2cccc(NS(C)(=O)=O)c2)C[C@@H](Nc2cc(C(F)(F)F)nc3ccc(Cl)cc23)C1. The molecule has 4 rings (SSSR count). The fourth-order valence-electron chi connectivity index (χ4n) is 4.48. The summed E-state index contributed by atoms with van der Waals surface area (Å²) in [4.78, 5) is 30.5. The molecule has 2 heterocycles. The molecule has 1 aliphatic heterocycles. The number of amides is 2. The number of pyridine rings is 1. The van der Waals surface area contributed by atoms with E-state index in [-0.39, 0.29) is 42.0 Å². The minimum absolute atomic E-state index is 0.0780. The maximum Gasteiger partial charge on any atom is 0.433 e. The van der Waals surface area contributed by atoms with E-state index in [0.717, 1.165) is 12.3 Å². The normalized spacial score (nSPS) is 17.8. The van der Waals surface area contributed by atoms with E-state index in [1.165, 1.54) is 54.5 Å². The van der Waals surface area contributed by atoms with Crippen molar-refractivity contribution < 1.29 is 35.9 Å². The largest absolute Gasteiger partial charge is 0.453 e. The predicted octanol–water partition coefficient (Wildman–Crippen LogP) is 4.33. The summed E-state index contributed by atoms with van der Waals surface area (Å²) in [6.45, 7) is 0.160. The van der Waals surface area contributed by atoms with E-state index in [4.69, 9.17) is 16.3 Å². The van der Waals surface area contributed by atoms with Crippen LogP contribution in [0.4, 0.5) is 29.3 Å². The highest BCUT2D eigenvalue weighted by Gasteiger charge is 2.35. The maximum atomic E-state index is 13.6. The molecule has 3 N–H and O–H groups in total. The van der Waals surface area contributed by atoms with Crippen molar-refractivity contribution in [3.05, 3.63) is 64.8 Å². The Bertz CT molecular complexity index is 1550. The van der Waals surface area contributed by atoms with Crippen LogP contribution in [-0.4, -0.2) is 68.8 Å². The van der Waals surface area contributed by atoms with Crippen LogP contribution in [0, 0.1) is 0 Å². The Morgan fingerprint density at radius 1 is 1.10 bits per heavy atom. The van der Waals surface area contributed by atoms with Gasteiger partial charge in [-0.1, -0.05) is 17.7 Å². The first-order valence-corrected chi connectivity index (χ1v) is 14.1. The summed E-state index contributed by atoms with van der Waals surface area (Å²) in [5.74, 6) is -0.534. The molecule has 1 saturated heterocycles. The number of anilines is 2. The van der Waals surface area contributed by atoms with Gasteiger partial charge in [0.05, 0.1) is 18.9 Å². The number of ether oxygens (including phenoxy) is 1. The Hall–Kier alpha value is -3.78. The van der Waals surface area contributed by atoms with Gasteiger partial charge in [-0.2, -0.15) is 13.2 Å². The van der Waals surface area contributed by atoms with E-state index < -0.39 is 46.0 Å². The molecule has 2 atom stereocenters. The van der Waals surface area contributed by atoms with Gasteiger partial charge in [-0.3, -0.25) is 9.52 Å². The second kappa shape index (κ2) is 11.4. The number of benzene rings is 2. The van der Waals surface area contributed by atoms with Gasteiger partial charge in [-0.05, 0) is 48.9 Å². The molecular formula is C25H25ClF3N5O5S. The highest BCUT2D eigenvalue weighted by molar-refractivity contribution is 7.92. The number of aromatic nitrogens is 1. The molecule has 0 radical (unpaired) electrons. The maximum absolute atomic E-state index is 13.6. The molecule has 214 valence electrons. The van der Waals surface area contributed by atoms with Crippen LogP contribution in [0.25, 0.3) is 10.9 Å². The van der Waals surface area contributed by atoms with E-state index in [1.807, 2.05) is 0 Å². The Labute approximate surface area is 232 Å². The van der Waals surface area contributed by atoms with Crippen LogP contribution in [0.15, 0.2) is 48.5 Å². The molecule has 0 aliphatic carbocycles. The number of alkyl halides is 3. The van der Waals surface area contributed by atoms with Gasteiger partial charge in [0.1, 0.15) is 5.69 Å². The van der Waals surface area contributed by atoms with Crippen molar-refractivity contribution in [3.8, 4) is 0 Å². The number of rotatable bonds is 6. The third-order valence-electron chi connectivity index (χ3n) is 6.07. The number of carbonyl (C=O) groups excluding carboxylic acids is 2. The average Bonchev–Trinajstić information content (AvgIpc) is 2.86. The Kier molecular flexibility index (Phi) is 8.30.